The van der Waals surface area contributed by atoms with Gasteiger partial charge in [-0.25, -0.2) is 0 Å². The van der Waals surface area contributed by atoms with Crippen molar-refractivity contribution in [2.45, 2.75) is 50.5 Å². The fourth-order valence-corrected chi connectivity index (χ4v) is 3.80. The number of nitrogens with two attached hydrogens (primary N) is 2. The van der Waals surface area contributed by atoms with Crippen LogP contribution >= 0.6 is 0 Å². The van der Waals surface area contributed by atoms with Gasteiger partial charge in [-0.2, -0.15) is 0 Å². The van der Waals surface area contributed by atoms with Crippen molar-refractivity contribution in [3.8, 4) is 0 Å². The molecule has 16 heavy (non-hydrogen) atoms. The van der Waals surface area contributed by atoms with E-state index >= 15 is 0 Å². The minimum atomic E-state index is -1.17. The molecule has 2 aliphatic rings. The quantitative estimate of drug-likeness (QED) is 0.505. The summed E-state index contributed by atoms with van der Waals surface area (Å²) >= 11 is 0. The van der Waals surface area contributed by atoms with Crippen LogP contribution in [-0.2, 0) is 0 Å². The first kappa shape index (κ1) is 12.4. The Kier molecular flexibility index (Phi) is 3.90. The van der Waals surface area contributed by atoms with Crippen LogP contribution in [0, 0.1) is 17.8 Å². The Hall–Kier alpha value is -0.0951. The van der Waals surface area contributed by atoms with Gasteiger partial charge in [0, 0.05) is 12.1 Å². The lowest BCUT2D eigenvalue weighted by Crippen LogP contribution is -2.30. The highest BCUT2D eigenvalue weighted by molar-refractivity contribution is 6.40. The number of fused-ring (bicyclic) bond motifs is 1. The van der Waals surface area contributed by atoms with Crippen molar-refractivity contribution in [2.24, 2.45) is 29.2 Å². The Morgan fingerprint density at radius 2 is 1.88 bits per heavy atom. The van der Waals surface area contributed by atoms with E-state index in [9.17, 15) is 0 Å². The number of hydrogen-bond acceptors (Lipinski definition) is 4. The molecule has 0 aromatic heterocycles. The van der Waals surface area contributed by atoms with E-state index in [1.54, 1.807) is 0 Å². The molecule has 0 saturated heterocycles. The molecule has 0 bridgehead atoms. The van der Waals surface area contributed by atoms with Gasteiger partial charge in [0.25, 0.3) is 0 Å². The van der Waals surface area contributed by atoms with Crippen LogP contribution in [0.4, 0.5) is 0 Å². The first-order chi connectivity index (χ1) is 7.58. The van der Waals surface area contributed by atoms with Crippen LogP contribution in [0.3, 0.4) is 0 Å². The van der Waals surface area contributed by atoms with E-state index in [0.717, 1.165) is 38.0 Å². The predicted molar refractivity (Wildman–Crippen MR) is 64.5 cm³/mol. The maximum absolute atomic E-state index is 8.83. The summed E-state index contributed by atoms with van der Waals surface area (Å²) in [5, 5.41) is 17.7. The average molecular weight is 226 g/mol. The van der Waals surface area contributed by atoms with Crippen molar-refractivity contribution in [3.05, 3.63) is 0 Å². The second-order valence-electron chi connectivity index (χ2n) is 5.63. The Morgan fingerprint density at radius 1 is 1.12 bits per heavy atom. The molecule has 5 heteroatoms. The second kappa shape index (κ2) is 5.04. The van der Waals surface area contributed by atoms with Gasteiger partial charge in [0.15, 0.2) is 0 Å². The summed E-state index contributed by atoms with van der Waals surface area (Å²) in [5.41, 5.74) is 12.2. The van der Waals surface area contributed by atoms with Crippen molar-refractivity contribution in [3.63, 3.8) is 0 Å². The Morgan fingerprint density at radius 3 is 2.56 bits per heavy atom. The molecule has 5 atom stereocenters. The molecular weight excluding hydrogens is 203 g/mol. The van der Waals surface area contributed by atoms with Gasteiger partial charge in [0.1, 0.15) is 0 Å². The Labute approximate surface area is 97.5 Å². The van der Waals surface area contributed by atoms with Gasteiger partial charge in [-0.3, -0.25) is 0 Å². The molecule has 4 nitrogen and oxygen atoms in total. The lowest BCUT2D eigenvalue weighted by molar-refractivity contribution is 0.309. The molecule has 2 saturated carbocycles. The van der Waals surface area contributed by atoms with Gasteiger partial charge in [-0.15, -0.1) is 0 Å². The van der Waals surface area contributed by atoms with Crippen molar-refractivity contribution < 1.29 is 10.0 Å². The minimum Gasteiger partial charge on any atom is -0.427 e. The highest BCUT2D eigenvalue weighted by Gasteiger charge is 2.45. The smallest absolute Gasteiger partial charge is 0.427 e. The fraction of sp³-hybridized carbons (Fsp3) is 1.00. The van der Waals surface area contributed by atoms with Crippen LogP contribution < -0.4 is 11.5 Å². The van der Waals surface area contributed by atoms with Crippen molar-refractivity contribution in [1.82, 2.24) is 0 Å². The van der Waals surface area contributed by atoms with Crippen LogP contribution in [0.1, 0.15) is 32.1 Å². The van der Waals surface area contributed by atoms with Gasteiger partial charge in [-0.1, -0.05) is 6.42 Å². The van der Waals surface area contributed by atoms with E-state index in [2.05, 4.69) is 0 Å². The van der Waals surface area contributed by atoms with E-state index in [0.29, 0.717) is 30.2 Å². The van der Waals surface area contributed by atoms with E-state index < -0.39 is 7.12 Å². The topological polar surface area (TPSA) is 92.5 Å². The monoisotopic (exact) mass is 226 g/mol. The summed E-state index contributed by atoms with van der Waals surface area (Å²) in [6, 6.07) is 0.673. The SMILES string of the molecule is N[C@H]1C[C@@H]2C[C@H](N)[C@@H](CCCB(O)O)[C@@H]2C1. The molecule has 0 radical (unpaired) electrons. The normalized spacial score (nSPS) is 42.4. The Balaban J connectivity index is 1.83. The molecule has 2 fully saturated rings. The largest absolute Gasteiger partial charge is 0.451 e. The Bertz CT molecular complexity index is 240. The molecular formula is C11H23BN2O2. The zero-order valence-corrected chi connectivity index (χ0v) is 9.76. The van der Waals surface area contributed by atoms with Crippen LogP contribution in [0.5, 0.6) is 0 Å². The number of rotatable bonds is 4. The molecule has 0 aromatic rings. The fourth-order valence-electron chi connectivity index (χ4n) is 3.80. The summed E-state index contributed by atoms with van der Waals surface area (Å²) in [6.07, 6.45) is 5.71. The van der Waals surface area contributed by atoms with E-state index in [4.69, 9.17) is 21.5 Å². The lowest BCUT2D eigenvalue weighted by atomic mass is 9.79. The van der Waals surface area contributed by atoms with Gasteiger partial charge >= 0.3 is 7.12 Å². The maximum atomic E-state index is 8.83. The highest BCUT2D eigenvalue weighted by atomic mass is 16.4. The molecule has 2 aliphatic carbocycles. The van der Waals surface area contributed by atoms with Crippen LogP contribution in [-0.4, -0.2) is 29.3 Å². The molecule has 0 aliphatic heterocycles. The molecule has 0 spiro atoms. The summed E-state index contributed by atoms with van der Waals surface area (Å²) < 4.78 is 0. The highest BCUT2D eigenvalue weighted by Crippen LogP contribution is 2.48. The summed E-state index contributed by atoms with van der Waals surface area (Å²) in [5.74, 6) is 1.98. The third-order valence-corrected chi connectivity index (χ3v) is 4.46. The summed E-state index contributed by atoms with van der Waals surface area (Å²) in [6.45, 7) is 0. The van der Waals surface area contributed by atoms with Crippen LogP contribution in [0.2, 0.25) is 6.32 Å². The molecule has 0 unspecified atom stereocenters. The van der Waals surface area contributed by atoms with Gasteiger partial charge in [-0.05, 0) is 49.8 Å². The van der Waals surface area contributed by atoms with Gasteiger partial charge in [0.05, 0.1) is 0 Å². The number of hydrogen-bond donors (Lipinski definition) is 4. The zero-order valence-electron chi connectivity index (χ0n) is 9.76. The summed E-state index contributed by atoms with van der Waals surface area (Å²) in [4.78, 5) is 0. The van der Waals surface area contributed by atoms with E-state index in [1.165, 1.54) is 0 Å². The van der Waals surface area contributed by atoms with Crippen molar-refractivity contribution >= 4 is 7.12 Å². The standard InChI is InChI=1S/C11H23BN2O2/c13-8-4-7-5-11(14)9(10(7)6-8)2-1-3-12(15)16/h7-11,15-16H,1-6,13-14H2/t7-,8+,9+,10-,11+/m1/s1. The van der Waals surface area contributed by atoms with Crippen molar-refractivity contribution in [1.29, 1.82) is 0 Å². The maximum Gasteiger partial charge on any atom is 0.451 e. The lowest BCUT2D eigenvalue weighted by Gasteiger charge is -2.22. The van der Waals surface area contributed by atoms with Crippen LogP contribution in [0.25, 0.3) is 0 Å². The molecule has 2 rings (SSSR count). The predicted octanol–water partition coefficient (Wildman–Crippen LogP) is -0.0599. The molecule has 92 valence electrons. The zero-order chi connectivity index (χ0) is 11.7. The molecule has 0 heterocycles. The second-order valence-corrected chi connectivity index (χ2v) is 5.63. The first-order valence-corrected chi connectivity index (χ1v) is 6.45. The first-order valence-electron chi connectivity index (χ1n) is 6.45. The molecule has 0 aromatic carbocycles. The third kappa shape index (κ3) is 2.59. The van der Waals surface area contributed by atoms with E-state index in [-0.39, 0.29) is 0 Å². The summed E-state index contributed by atoms with van der Waals surface area (Å²) in [7, 11) is -1.17. The third-order valence-electron chi connectivity index (χ3n) is 4.46. The molecule has 6 N–H and O–H groups in total. The van der Waals surface area contributed by atoms with Gasteiger partial charge in [0.2, 0.25) is 0 Å². The van der Waals surface area contributed by atoms with Gasteiger partial charge < -0.3 is 21.5 Å². The average Bonchev–Trinajstić information content (AvgIpc) is 2.64. The van der Waals surface area contributed by atoms with Crippen LogP contribution in [0.15, 0.2) is 0 Å². The minimum absolute atomic E-state index is 0.304. The van der Waals surface area contributed by atoms with E-state index in [1.807, 2.05) is 0 Å². The van der Waals surface area contributed by atoms with Crippen molar-refractivity contribution in [2.75, 3.05) is 0 Å². The molecule has 0 amide bonds.